The molecule has 2 heteroatoms. The fourth-order valence-corrected chi connectivity index (χ4v) is 0.706. The molecule has 0 spiro atoms. The molecule has 0 heterocycles. The first-order chi connectivity index (χ1) is 4.84. The minimum Gasteiger partial charge on any atom is -0.290 e. The number of aliphatic imine (C=N–C) groups is 1. The van der Waals surface area contributed by atoms with Crippen LogP contribution in [0.15, 0.2) is 41.4 Å². The second-order valence-electron chi connectivity index (χ2n) is 1.89. The van der Waals surface area contributed by atoms with Crippen LogP contribution in [0.4, 0.5) is 0 Å². The zero-order valence-corrected chi connectivity index (χ0v) is 5.54. The van der Waals surface area contributed by atoms with Crippen molar-refractivity contribution in [2.45, 2.75) is 0 Å². The van der Waals surface area contributed by atoms with Gasteiger partial charge in [0.15, 0.2) is 0 Å². The summed E-state index contributed by atoms with van der Waals surface area (Å²) in [6, 6.07) is 0. The summed E-state index contributed by atoms with van der Waals surface area (Å²) in [5, 5.41) is 6.72. The molecule has 0 aromatic heterocycles. The maximum absolute atomic E-state index is 6.72. The lowest BCUT2D eigenvalue weighted by atomic mass is 10.1. The minimum absolute atomic E-state index is 0.762. The van der Waals surface area contributed by atoms with Gasteiger partial charge in [0.05, 0.1) is 5.71 Å². The van der Waals surface area contributed by atoms with Gasteiger partial charge in [0.1, 0.15) is 6.34 Å². The van der Waals surface area contributed by atoms with Gasteiger partial charge < -0.3 is 0 Å². The molecule has 0 aliphatic heterocycles. The molecule has 2 nitrogen and oxygen atoms in total. The Morgan fingerprint density at radius 2 is 2.10 bits per heavy atom. The highest BCUT2D eigenvalue weighted by Crippen LogP contribution is 2.04. The Hall–Kier alpha value is -1.44. The van der Waals surface area contributed by atoms with Crippen molar-refractivity contribution in [1.82, 2.24) is 0 Å². The van der Waals surface area contributed by atoms with E-state index >= 15 is 0 Å². The SMILES string of the molecule is C=C1C=CC=CC1=NC=N. The van der Waals surface area contributed by atoms with Crippen LogP contribution in [0.1, 0.15) is 0 Å². The largest absolute Gasteiger partial charge is 0.290 e. The van der Waals surface area contributed by atoms with Gasteiger partial charge in [-0.05, 0) is 11.6 Å². The Morgan fingerprint density at radius 1 is 1.40 bits per heavy atom. The number of hydrogen-bond acceptors (Lipinski definition) is 1. The van der Waals surface area contributed by atoms with Crippen LogP contribution < -0.4 is 0 Å². The smallest absolute Gasteiger partial charge is 0.107 e. The summed E-state index contributed by atoms with van der Waals surface area (Å²) in [4.78, 5) is 3.79. The summed E-state index contributed by atoms with van der Waals surface area (Å²) in [5.41, 5.74) is 1.61. The van der Waals surface area contributed by atoms with Gasteiger partial charge in [-0.1, -0.05) is 24.8 Å². The van der Waals surface area contributed by atoms with Gasteiger partial charge in [-0.15, -0.1) is 0 Å². The monoisotopic (exact) mass is 132 g/mol. The molecular weight excluding hydrogens is 124 g/mol. The lowest BCUT2D eigenvalue weighted by Crippen LogP contribution is -1.97. The standard InChI is InChI=1S/C8H8N2/c1-7-4-2-3-5-8(7)10-6-9/h2-6,9H,1H2. The molecule has 0 saturated carbocycles. The molecule has 0 amide bonds. The molecule has 1 aliphatic carbocycles. The third kappa shape index (κ3) is 1.29. The topological polar surface area (TPSA) is 36.2 Å². The zero-order valence-electron chi connectivity index (χ0n) is 5.54. The summed E-state index contributed by atoms with van der Waals surface area (Å²) >= 11 is 0. The van der Waals surface area contributed by atoms with Crippen LogP contribution in [-0.2, 0) is 0 Å². The second-order valence-corrected chi connectivity index (χ2v) is 1.89. The van der Waals surface area contributed by atoms with Crippen LogP contribution >= 0.6 is 0 Å². The van der Waals surface area contributed by atoms with Crippen LogP contribution in [0, 0.1) is 5.41 Å². The molecule has 10 heavy (non-hydrogen) atoms. The second kappa shape index (κ2) is 2.92. The quantitative estimate of drug-likeness (QED) is 0.416. The van der Waals surface area contributed by atoms with E-state index in [2.05, 4.69) is 11.6 Å². The van der Waals surface area contributed by atoms with E-state index in [1.54, 1.807) is 0 Å². The van der Waals surface area contributed by atoms with Gasteiger partial charge in [-0.3, -0.25) is 5.41 Å². The Kier molecular flexibility index (Phi) is 1.95. The van der Waals surface area contributed by atoms with E-state index in [1.165, 1.54) is 0 Å². The molecule has 0 bridgehead atoms. The highest BCUT2D eigenvalue weighted by molar-refractivity contribution is 6.13. The summed E-state index contributed by atoms with van der Waals surface area (Å²) in [6.45, 7) is 3.74. The van der Waals surface area contributed by atoms with Crippen LogP contribution in [0.2, 0.25) is 0 Å². The molecule has 0 radical (unpaired) electrons. The van der Waals surface area contributed by atoms with E-state index in [0.717, 1.165) is 17.6 Å². The van der Waals surface area contributed by atoms with E-state index in [0.29, 0.717) is 0 Å². The average Bonchev–Trinajstić information content (AvgIpc) is 1.94. The average molecular weight is 132 g/mol. The van der Waals surface area contributed by atoms with E-state index in [1.807, 2.05) is 24.3 Å². The maximum Gasteiger partial charge on any atom is 0.107 e. The Balaban J connectivity index is 2.90. The summed E-state index contributed by atoms with van der Waals surface area (Å²) < 4.78 is 0. The first-order valence-electron chi connectivity index (χ1n) is 2.95. The van der Waals surface area contributed by atoms with Gasteiger partial charge in [0.2, 0.25) is 0 Å². The summed E-state index contributed by atoms with van der Waals surface area (Å²) in [6.07, 6.45) is 8.47. The molecule has 1 rings (SSSR count). The van der Waals surface area contributed by atoms with Crippen molar-refractivity contribution in [3.63, 3.8) is 0 Å². The van der Waals surface area contributed by atoms with E-state index < -0.39 is 0 Å². The first-order valence-corrected chi connectivity index (χ1v) is 2.95. The van der Waals surface area contributed by atoms with Crippen molar-refractivity contribution < 1.29 is 0 Å². The Morgan fingerprint density at radius 3 is 2.70 bits per heavy atom. The summed E-state index contributed by atoms with van der Waals surface area (Å²) in [5.74, 6) is 0. The zero-order chi connectivity index (χ0) is 7.40. The number of nitrogens with one attached hydrogen (secondary N) is 1. The molecule has 0 saturated heterocycles. The van der Waals surface area contributed by atoms with Crippen molar-refractivity contribution >= 4 is 12.1 Å². The van der Waals surface area contributed by atoms with E-state index in [4.69, 9.17) is 5.41 Å². The fraction of sp³-hybridized carbons (Fsp3) is 0. The van der Waals surface area contributed by atoms with Crippen molar-refractivity contribution in [3.05, 3.63) is 36.5 Å². The third-order valence-corrected chi connectivity index (χ3v) is 1.20. The highest BCUT2D eigenvalue weighted by atomic mass is 14.8. The van der Waals surface area contributed by atoms with Crippen molar-refractivity contribution in [2.75, 3.05) is 0 Å². The first kappa shape index (κ1) is 6.68. The van der Waals surface area contributed by atoms with Gasteiger partial charge in [0, 0.05) is 0 Å². The minimum atomic E-state index is 0.762. The fourth-order valence-electron chi connectivity index (χ4n) is 0.706. The van der Waals surface area contributed by atoms with Gasteiger partial charge in [-0.2, -0.15) is 0 Å². The molecule has 0 aromatic carbocycles. The normalized spacial score (nSPS) is 20.0. The summed E-state index contributed by atoms with van der Waals surface area (Å²) in [7, 11) is 0. The van der Waals surface area contributed by atoms with Crippen LogP contribution in [0.25, 0.3) is 0 Å². The molecule has 0 atom stereocenters. The Labute approximate surface area is 59.8 Å². The number of nitrogens with zero attached hydrogens (tertiary/aromatic N) is 1. The molecule has 0 fully saturated rings. The highest BCUT2D eigenvalue weighted by Gasteiger charge is 1.97. The van der Waals surface area contributed by atoms with E-state index in [-0.39, 0.29) is 0 Å². The van der Waals surface area contributed by atoms with Crippen molar-refractivity contribution in [1.29, 1.82) is 5.41 Å². The molecule has 0 unspecified atom stereocenters. The molecule has 1 aliphatic rings. The predicted octanol–water partition coefficient (Wildman–Crippen LogP) is 1.72. The van der Waals surface area contributed by atoms with Crippen LogP contribution in [0.3, 0.4) is 0 Å². The number of hydrogen-bond donors (Lipinski definition) is 1. The van der Waals surface area contributed by atoms with Crippen LogP contribution in [0.5, 0.6) is 0 Å². The maximum atomic E-state index is 6.72. The molecule has 1 N–H and O–H groups in total. The Bertz CT molecular complexity index is 244. The lowest BCUT2D eigenvalue weighted by Gasteiger charge is -2.00. The van der Waals surface area contributed by atoms with E-state index in [9.17, 15) is 0 Å². The number of rotatable bonds is 1. The molecular formula is C8H8N2. The van der Waals surface area contributed by atoms with Crippen LogP contribution in [-0.4, -0.2) is 12.1 Å². The third-order valence-electron chi connectivity index (χ3n) is 1.20. The van der Waals surface area contributed by atoms with Crippen molar-refractivity contribution in [3.8, 4) is 0 Å². The van der Waals surface area contributed by atoms with Gasteiger partial charge in [-0.25, -0.2) is 4.99 Å². The molecule has 0 aromatic rings. The molecule has 50 valence electrons. The van der Waals surface area contributed by atoms with Gasteiger partial charge >= 0.3 is 0 Å². The van der Waals surface area contributed by atoms with Gasteiger partial charge in [0.25, 0.3) is 0 Å². The lowest BCUT2D eigenvalue weighted by molar-refractivity contribution is 1.51. The predicted molar refractivity (Wildman–Crippen MR) is 43.6 cm³/mol. The number of allylic oxidation sites excluding steroid dienone is 5. The van der Waals surface area contributed by atoms with Crippen molar-refractivity contribution in [2.24, 2.45) is 4.99 Å².